The number of hydrogen-bond acceptors (Lipinski definition) is 4. The van der Waals surface area contributed by atoms with E-state index in [2.05, 4.69) is 22.2 Å². The van der Waals surface area contributed by atoms with E-state index in [1.165, 1.54) is 12.8 Å². The van der Waals surface area contributed by atoms with E-state index in [1.807, 2.05) is 49.4 Å². The van der Waals surface area contributed by atoms with Crippen molar-refractivity contribution in [1.82, 2.24) is 10.3 Å². The number of aromatic amines is 1. The van der Waals surface area contributed by atoms with Crippen molar-refractivity contribution in [3.8, 4) is 11.6 Å². The Morgan fingerprint density at radius 3 is 2.79 bits per heavy atom. The van der Waals surface area contributed by atoms with E-state index in [9.17, 15) is 5.11 Å². The molecule has 0 aliphatic carbocycles. The van der Waals surface area contributed by atoms with Gasteiger partial charge in [0.05, 0.1) is 17.4 Å². The average molecular weight is 377 g/mol. The first-order chi connectivity index (χ1) is 13.6. The molecular weight excluding hydrogens is 350 g/mol. The van der Waals surface area contributed by atoms with Crippen molar-refractivity contribution in [3.05, 3.63) is 53.6 Å². The van der Waals surface area contributed by atoms with Gasteiger partial charge in [0.1, 0.15) is 5.75 Å². The third-order valence-electron chi connectivity index (χ3n) is 5.55. The Hall–Kier alpha value is -2.79. The van der Waals surface area contributed by atoms with Crippen molar-refractivity contribution in [1.29, 1.82) is 0 Å². The van der Waals surface area contributed by atoms with Crippen molar-refractivity contribution in [2.45, 2.75) is 32.8 Å². The van der Waals surface area contributed by atoms with Gasteiger partial charge in [0, 0.05) is 29.6 Å². The number of ether oxygens (including phenoxy) is 1. The normalized spacial score (nSPS) is 18.6. The second kappa shape index (κ2) is 8.07. The minimum absolute atomic E-state index is 0.142. The van der Waals surface area contributed by atoms with Crippen molar-refractivity contribution >= 4 is 22.8 Å². The predicted octanol–water partition coefficient (Wildman–Crippen LogP) is 4.70. The van der Waals surface area contributed by atoms with Gasteiger partial charge in [-0.1, -0.05) is 12.1 Å². The van der Waals surface area contributed by atoms with Crippen LogP contribution in [0.1, 0.15) is 30.9 Å². The highest BCUT2D eigenvalue weighted by molar-refractivity contribution is 6.04. The fourth-order valence-electron chi connectivity index (χ4n) is 3.91. The van der Waals surface area contributed by atoms with Crippen LogP contribution in [0.2, 0.25) is 0 Å². The molecule has 4 rings (SSSR count). The average Bonchev–Trinajstić information content (AvgIpc) is 3.04. The van der Waals surface area contributed by atoms with Crippen LogP contribution in [0.15, 0.2) is 47.5 Å². The maximum Gasteiger partial charge on any atom is 0.198 e. The zero-order valence-corrected chi connectivity index (χ0v) is 16.4. The van der Waals surface area contributed by atoms with Crippen LogP contribution in [-0.4, -0.2) is 35.5 Å². The molecule has 2 aromatic carbocycles. The minimum Gasteiger partial charge on any atom is -0.494 e. The Labute approximate surface area is 165 Å². The first-order valence-electron chi connectivity index (χ1n) is 9.93. The summed E-state index contributed by atoms with van der Waals surface area (Å²) in [7, 11) is 0. The number of aromatic hydroxyl groups is 1. The molecule has 0 bridgehead atoms. The lowest BCUT2D eigenvalue weighted by molar-refractivity contribution is 0.131. The molecular formula is C23H27N3O2. The van der Waals surface area contributed by atoms with Crippen LogP contribution in [0.5, 0.6) is 11.6 Å². The molecule has 28 heavy (non-hydrogen) atoms. The highest BCUT2D eigenvalue weighted by Gasteiger charge is 2.21. The summed E-state index contributed by atoms with van der Waals surface area (Å²) in [6.07, 6.45) is 4.33. The zero-order valence-electron chi connectivity index (χ0n) is 16.4. The Kier molecular flexibility index (Phi) is 5.35. The number of rotatable bonds is 5. The second-order valence-electron chi connectivity index (χ2n) is 7.57. The van der Waals surface area contributed by atoms with Gasteiger partial charge in [0.15, 0.2) is 5.88 Å². The number of aliphatic imine (C=N–C) groups is 1. The molecule has 3 aromatic rings. The number of aryl methyl sites for hydroxylation is 1. The highest BCUT2D eigenvalue weighted by atomic mass is 16.5. The van der Waals surface area contributed by atoms with E-state index in [-0.39, 0.29) is 12.0 Å². The van der Waals surface area contributed by atoms with E-state index in [4.69, 9.17) is 4.74 Å². The smallest absolute Gasteiger partial charge is 0.198 e. The molecule has 1 aromatic heterocycles. The molecule has 5 heteroatoms. The number of aromatic nitrogens is 1. The van der Waals surface area contributed by atoms with Crippen LogP contribution in [0, 0.1) is 12.8 Å². The quantitative estimate of drug-likeness (QED) is 0.565. The molecule has 2 unspecified atom stereocenters. The third-order valence-corrected chi connectivity index (χ3v) is 5.55. The van der Waals surface area contributed by atoms with Gasteiger partial charge in [-0.2, -0.15) is 0 Å². The van der Waals surface area contributed by atoms with Crippen molar-refractivity contribution in [2.24, 2.45) is 10.9 Å². The van der Waals surface area contributed by atoms with Gasteiger partial charge in [-0.15, -0.1) is 0 Å². The maximum atomic E-state index is 10.2. The van der Waals surface area contributed by atoms with Gasteiger partial charge in [-0.05, 0) is 69.1 Å². The largest absolute Gasteiger partial charge is 0.494 e. The lowest BCUT2D eigenvalue weighted by atomic mass is 9.95. The van der Waals surface area contributed by atoms with E-state index in [1.54, 1.807) is 6.21 Å². The molecule has 1 aliphatic rings. The van der Waals surface area contributed by atoms with E-state index >= 15 is 0 Å². The maximum absolute atomic E-state index is 10.2. The second-order valence-corrected chi connectivity index (χ2v) is 7.57. The van der Waals surface area contributed by atoms with Crippen LogP contribution < -0.4 is 10.1 Å². The topological polar surface area (TPSA) is 69.6 Å². The third kappa shape index (κ3) is 3.90. The fourth-order valence-corrected chi connectivity index (χ4v) is 3.91. The summed E-state index contributed by atoms with van der Waals surface area (Å²) >= 11 is 0. The summed E-state index contributed by atoms with van der Waals surface area (Å²) < 4.78 is 6.11. The Balaban J connectivity index is 1.47. The predicted molar refractivity (Wildman–Crippen MR) is 114 cm³/mol. The monoisotopic (exact) mass is 377 g/mol. The number of benzene rings is 2. The van der Waals surface area contributed by atoms with Gasteiger partial charge in [-0.25, -0.2) is 0 Å². The van der Waals surface area contributed by atoms with Gasteiger partial charge < -0.3 is 20.1 Å². The Morgan fingerprint density at radius 2 is 2.04 bits per heavy atom. The number of hydrogen-bond donors (Lipinski definition) is 3. The molecule has 5 nitrogen and oxygen atoms in total. The minimum atomic E-state index is 0.142. The summed E-state index contributed by atoms with van der Waals surface area (Å²) in [5.74, 6) is 1.56. The van der Waals surface area contributed by atoms with Crippen LogP contribution >= 0.6 is 0 Å². The van der Waals surface area contributed by atoms with E-state index < -0.39 is 0 Å². The van der Waals surface area contributed by atoms with Crippen molar-refractivity contribution in [3.63, 3.8) is 0 Å². The van der Waals surface area contributed by atoms with Gasteiger partial charge in [0.25, 0.3) is 0 Å². The Morgan fingerprint density at radius 1 is 1.21 bits per heavy atom. The molecule has 1 saturated heterocycles. The number of nitrogens with one attached hydrogen (secondary N) is 2. The number of H-pyrrole nitrogens is 1. The zero-order chi connectivity index (χ0) is 19.5. The highest BCUT2D eigenvalue weighted by Crippen LogP contribution is 2.29. The molecule has 1 aliphatic heterocycles. The standard InChI is InChI=1S/C23H27N3O2/c1-15-5-3-7-21-22(15)20(23(27)26-21)14-25-18-8-10-19(11-9-18)28-16(2)17-6-4-12-24-13-17/h3,5,7-11,14,16-17,24,26-27H,4,6,12-13H2,1-2H3. The fraction of sp³-hybridized carbons (Fsp3) is 0.348. The van der Waals surface area contributed by atoms with Crippen molar-refractivity contribution < 1.29 is 9.84 Å². The van der Waals surface area contributed by atoms with Crippen LogP contribution in [0.25, 0.3) is 10.9 Å². The summed E-state index contributed by atoms with van der Waals surface area (Å²) in [6, 6.07) is 13.8. The van der Waals surface area contributed by atoms with Gasteiger partial charge in [0.2, 0.25) is 0 Å². The molecule has 1 fully saturated rings. The Bertz CT molecular complexity index is 969. The van der Waals surface area contributed by atoms with Crippen molar-refractivity contribution in [2.75, 3.05) is 13.1 Å². The molecule has 146 valence electrons. The van der Waals surface area contributed by atoms with E-state index in [0.717, 1.165) is 41.0 Å². The molecule has 0 saturated carbocycles. The van der Waals surface area contributed by atoms with Gasteiger partial charge >= 0.3 is 0 Å². The van der Waals surface area contributed by atoms with Gasteiger partial charge in [-0.3, -0.25) is 4.99 Å². The summed E-state index contributed by atoms with van der Waals surface area (Å²) in [4.78, 5) is 7.55. The SMILES string of the molecule is Cc1cccc2[nH]c(O)c(C=Nc3ccc(OC(C)C4CCCNC4)cc3)c12. The van der Waals surface area contributed by atoms with Crippen LogP contribution in [0.3, 0.4) is 0 Å². The molecule has 3 N–H and O–H groups in total. The number of piperidine rings is 1. The summed E-state index contributed by atoms with van der Waals surface area (Å²) in [6.45, 7) is 6.31. The summed E-state index contributed by atoms with van der Waals surface area (Å²) in [5.41, 5.74) is 3.55. The molecule has 0 spiro atoms. The number of fused-ring (bicyclic) bond motifs is 1. The lowest BCUT2D eigenvalue weighted by Gasteiger charge is -2.28. The molecule has 2 atom stereocenters. The molecule has 0 amide bonds. The lowest BCUT2D eigenvalue weighted by Crippen LogP contribution is -2.37. The first-order valence-corrected chi connectivity index (χ1v) is 9.93. The van der Waals surface area contributed by atoms with Crippen LogP contribution in [0.4, 0.5) is 5.69 Å². The first kappa shape index (κ1) is 18.6. The van der Waals surface area contributed by atoms with Crippen LogP contribution in [-0.2, 0) is 0 Å². The van der Waals surface area contributed by atoms with E-state index in [0.29, 0.717) is 11.5 Å². The number of nitrogens with zero attached hydrogens (tertiary/aromatic N) is 1. The molecule has 0 radical (unpaired) electrons. The molecule has 2 heterocycles. The summed E-state index contributed by atoms with van der Waals surface area (Å²) in [5, 5.41) is 14.7.